The van der Waals surface area contributed by atoms with Gasteiger partial charge in [-0.15, -0.1) is 0 Å². The van der Waals surface area contributed by atoms with Gasteiger partial charge in [0.15, 0.2) is 0 Å². The molecule has 0 fully saturated rings. The molecule has 4 heteroatoms. The number of carbonyl (C=O) groups is 1. The Hall–Kier alpha value is -1.71. The molecule has 1 heterocycles. The SMILES string of the molecule is Cc1ccc2c(c1)NCCCN2CCC(=O)O. The fraction of sp³-hybridized carbons (Fsp3) is 0.462. The van der Waals surface area contributed by atoms with Crippen molar-refractivity contribution in [1.29, 1.82) is 0 Å². The second kappa shape index (κ2) is 5.08. The number of carboxylic acid groups (broad SMARTS) is 1. The van der Waals surface area contributed by atoms with Gasteiger partial charge in [0.2, 0.25) is 0 Å². The van der Waals surface area contributed by atoms with Crippen molar-refractivity contribution in [1.82, 2.24) is 0 Å². The number of fused-ring (bicyclic) bond motifs is 1. The van der Waals surface area contributed by atoms with Crippen LogP contribution in [0.25, 0.3) is 0 Å². The van der Waals surface area contributed by atoms with Gasteiger partial charge < -0.3 is 15.3 Å². The lowest BCUT2D eigenvalue weighted by atomic mass is 10.1. The molecule has 1 aromatic carbocycles. The Morgan fingerprint density at radius 3 is 3.12 bits per heavy atom. The summed E-state index contributed by atoms with van der Waals surface area (Å²) in [6.45, 7) is 4.50. The zero-order valence-corrected chi connectivity index (χ0v) is 10.1. The van der Waals surface area contributed by atoms with Gasteiger partial charge in [-0.2, -0.15) is 0 Å². The average Bonchev–Trinajstić information content (AvgIpc) is 2.48. The third kappa shape index (κ3) is 2.90. The second-order valence-electron chi connectivity index (χ2n) is 4.43. The summed E-state index contributed by atoms with van der Waals surface area (Å²) in [4.78, 5) is 12.8. The first-order chi connectivity index (χ1) is 8.16. The van der Waals surface area contributed by atoms with Crippen LogP contribution in [0.3, 0.4) is 0 Å². The van der Waals surface area contributed by atoms with Crippen LogP contribution in [-0.4, -0.2) is 30.7 Å². The summed E-state index contributed by atoms with van der Waals surface area (Å²) < 4.78 is 0. The highest BCUT2D eigenvalue weighted by Gasteiger charge is 2.15. The Morgan fingerprint density at radius 1 is 1.53 bits per heavy atom. The molecule has 0 saturated heterocycles. The highest BCUT2D eigenvalue weighted by molar-refractivity contribution is 5.73. The van der Waals surface area contributed by atoms with Gasteiger partial charge in [-0.1, -0.05) is 6.07 Å². The molecule has 2 N–H and O–H groups in total. The molecule has 17 heavy (non-hydrogen) atoms. The summed E-state index contributed by atoms with van der Waals surface area (Å²) in [5.41, 5.74) is 3.46. The van der Waals surface area contributed by atoms with Crippen molar-refractivity contribution in [3.8, 4) is 0 Å². The van der Waals surface area contributed by atoms with Gasteiger partial charge in [-0.25, -0.2) is 0 Å². The second-order valence-corrected chi connectivity index (χ2v) is 4.43. The minimum atomic E-state index is -0.740. The van der Waals surface area contributed by atoms with E-state index in [0.717, 1.165) is 30.9 Å². The summed E-state index contributed by atoms with van der Waals surface area (Å²) in [7, 11) is 0. The van der Waals surface area contributed by atoms with Crippen LogP contribution in [0.5, 0.6) is 0 Å². The van der Waals surface area contributed by atoms with Crippen LogP contribution in [-0.2, 0) is 4.79 Å². The van der Waals surface area contributed by atoms with E-state index in [0.29, 0.717) is 6.54 Å². The van der Waals surface area contributed by atoms with Crippen molar-refractivity contribution in [3.63, 3.8) is 0 Å². The van der Waals surface area contributed by atoms with Crippen molar-refractivity contribution in [3.05, 3.63) is 23.8 Å². The lowest BCUT2D eigenvalue weighted by molar-refractivity contribution is -0.136. The number of nitrogens with zero attached hydrogens (tertiary/aromatic N) is 1. The molecule has 1 aromatic rings. The molecule has 0 saturated carbocycles. The number of hydrogen-bond donors (Lipinski definition) is 2. The molecule has 0 aromatic heterocycles. The monoisotopic (exact) mass is 234 g/mol. The number of carboxylic acids is 1. The molecule has 2 rings (SSSR count). The van der Waals surface area contributed by atoms with Crippen LogP contribution in [0.4, 0.5) is 11.4 Å². The van der Waals surface area contributed by atoms with E-state index < -0.39 is 5.97 Å². The topological polar surface area (TPSA) is 52.6 Å². The highest BCUT2D eigenvalue weighted by Crippen LogP contribution is 2.29. The summed E-state index contributed by atoms with van der Waals surface area (Å²) in [6.07, 6.45) is 1.22. The van der Waals surface area contributed by atoms with Gasteiger partial charge in [0.05, 0.1) is 17.8 Å². The van der Waals surface area contributed by atoms with E-state index in [-0.39, 0.29) is 6.42 Å². The van der Waals surface area contributed by atoms with Crippen LogP contribution < -0.4 is 10.2 Å². The third-order valence-corrected chi connectivity index (χ3v) is 3.01. The van der Waals surface area contributed by atoms with E-state index in [1.807, 2.05) is 0 Å². The van der Waals surface area contributed by atoms with Gasteiger partial charge in [0.1, 0.15) is 0 Å². The zero-order chi connectivity index (χ0) is 12.3. The maximum atomic E-state index is 10.7. The van der Waals surface area contributed by atoms with Crippen LogP contribution in [0, 0.1) is 6.92 Å². The first-order valence-corrected chi connectivity index (χ1v) is 5.98. The maximum Gasteiger partial charge on any atom is 0.305 e. The largest absolute Gasteiger partial charge is 0.481 e. The van der Waals surface area contributed by atoms with Crippen molar-refractivity contribution in [2.45, 2.75) is 19.8 Å². The molecule has 0 bridgehead atoms. The van der Waals surface area contributed by atoms with Gasteiger partial charge in [-0.3, -0.25) is 4.79 Å². The van der Waals surface area contributed by atoms with E-state index in [2.05, 4.69) is 35.3 Å². The Bertz CT molecular complexity index is 418. The number of aryl methyl sites for hydroxylation is 1. The predicted molar refractivity (Wildman–Crippen MR) is 68.8 cm³/mol. The molecule has 92 valence electrons. The van der Waals surface area contributed by atoms with Crippen molar-refractivity contribution < 1.29 is 9.90 Å². The van der Waals surface area contributed by atoms with E-state index in [1.165, 1.54) is 5.56 Å². The van der Waals surface area contributed by atoms with Gasteiger partial charge in [-0.05, 0) is 31.0 Å². The molecular formula is C13H18N2O2. The van der Waals surface area contributed by atoms with E-state index in [9.17, 15) is 4.79 Å². The lowest BCUT2D eigenvalue weighted by Gasteiger charge is -2.23. The highest BCUT2D eigenvalue weighted by atomic mass is 16.4. The minimum Gasteiger partial charge on any atom is -0.481 e. The first-order valence-electron chi connectivity index (χ1n) is 5.98. The fourth-order valence-corrected chi connectivity index (χ4v) is 2.14. The van der Waals surface area contributed by atoms with Crippen LogP contribution in [0.1, 0.15) is 18.4 Å². The fourth-order valence-electron chi connectivity index (χ4n) is 2.14. The summed E-state index contributed by atoms with van der Waals surface area (Å²) in [5.74, 6) is -0.740. The van der Waals surface area contributed by atoms with Crippen LogP contribution in [0.2, 0.25) is 0 Å². The summed E-state index contributed by atoms with van der Waals surface area (Å²) in [5, 5.41) is 12.2. The van der Waals surface area contributed by atoms with Crippen molar-refractivity contribution in [2.24, 2.45) is 0 Å². The average molecular weight is 234 g/mol. The molecule has 0 unspecified atom stereocenters. The zero-order valence-electron chi connectivity index (χ0n) is 10.1. The number of benzene rings is 1. The lowest BCUT2D eigenvalue weighted by Crippen LogP contribution is -2.26. The quantitative estimate of drug-likeness (QED) is 0.841. The minimum absolute atomic E-state index is 0.188. The Morgan fingerprint density at radius 2 is 2.35 bits per heavy atom. The standard InChI is InChI=1S/C13H18N2O2/c1-10-3-4-12-11(9-10)14-6-2-7-15(12)8-5-13(16)17/h3-4,9,14H,2,5-8H2,1H3,(H,16,17). The molecule has 1 aliphatic rings. The molecule has 0 radical (unpaired) electrons. The molecule has 0 atom stereocenters. The van der Waals surface area contributed by atoms with Crippen molar-refractivity contribution >= 4 is 17.3 Å². The normalized spacial score (nSPS) is 14.8. The number of rotatable bonds is 3. The Balaban J connectivity index is 2.20. The molecule has 0 amide bonds. The van der Waals surface area contributed by atoms with Crippen LogP contribution in [0.15, 0.2) is 18.2 Å². The molecule has 1 aliphatic heterocycles. The molecule has 0 spiro atoms. The smallest absolute Gasteiger partial charge is 0.305 e. The Kier molecular flexibility index (Phi) is 3.52. The molecule has 4 nitrogen and oxygen atoms in total. The Labute approximate surface area is 101 Å². The molecular weight excluding hydrogens is 216 g/mol. The van der Waals surface area contributed by atoms with Gasteiger partial charge >= 0.3 is 5.97 Å². The first kappa shape index (κ1) is 11.8. The summed E-state index contributed by atoms with van der Waals surface area (Å²) in [6, 6.07) is 6.26. The predicted octanol–water partition coefficient (Wildman–Crippen LogP) is 2.09. The van der Waals surface area contributed by atoms with E-state index >= 15 is 0 Å². The number of hydrogen-bond acceptors (Lipinski definition) is 3. The van der Waals surface area contributed by atoms with Crippen molar-refractivity contribution in [2.75, 3.05) is 29.9 Å². The van der Waals surface area contributed by atoms with Gasteiger partial charge in [0, 0.05) is 19.6 Å². The summed E-state index contributed by atoms with van der Waals surface area (Å²) >= 11 is 0. The van der Waals surface area contributed by atoms with E-state index in [4.69, 9.17) is 5.11 Å². The number of anilines is 2. The number of aliphatic carboxylic acids is 1. The molecule has 0 aliphatic carbocycles. The van der Waals surface area contributed by atoms with E-state index in [1.54, 1.807) is 0 Å². The third-order valence-electron chi connectivity index (χ3n) is 3.01. The van der Waals surface area contributed by atoms with Gasteiger partial charge in [0.25, 0.3) is 0 Å². The maximum absolute atomic E-state index is 10.7. The number of nitrogens with one attached hydrogen (secondary N) is 1. The van der Waals surface area contributed by atoms with Crippen LogP contribution >= 0.6 is 0 Å².